The molecule has 2 aliphatic rings. The lowest BCUT2D eigenvalue weighted by Crippen LogP contribution is -2.36. The molecule has 0 aliphatic heterocycles. The summed E-state index contributed by atoms with van der Waals surface area (Å²) in [4.78, 5) is 0. The first-order chi connectivity index (χ1) is 9.35. The third-order valence-electron chi connectivity index (χ3n) is 4.66. The van der Waals surface area contributed by atoms with E-state index >= 15 is 0 Å². The van der Waals surface area contributed by atoms with Gasteiger partial charge in [-0.3, -0.25) is 0 Å². The minimum Gasteiger partial charge on any atom is -0.490 e. The Hall–Kier alpha value is -1.02. The molecule has 2 atom stereocenters. The molecule has 2 nitrogen and oxygen atoms in total. The fraction of sp³-hybridized carbons (Fsp3) is 0.647. The van der Waals surface area contributed by atoms with Gasteiger partial charge >= 0.3 is 0 Å². The Bertz CT molecular complexity index is 429. The highest BCUT2D eigenvalue weighted by Gasteiger charge is 2.22. The smallest absolute Gasteiger partial charge is 0.120 e. The molecule has 0 bridgehead atoms. The molecule has 0 amide bonds. The van der Waals surface area contributed by atoms with Crippen LogP contribution in [-0.2, 0) is 12.8 Å². The molecule has 3 rings (SSSR count). The second-order valence-corrected chi connectivity index (χ2v) is 6.03. The molecule has 2 unspecified atom stereocenters. The van der Waals surface area contributed by atoms with E-state index < -0.39 is 0 Å². The third-order valence-corrected chi connectivity index (χ3v) is 4.66. The minimum absolute atomic E-state index is 0.396. The average molecular weight is 259 g/mol. The molecule has 1 aromatic rings. The van der Waals surface area contributed by atoms with Crippen molar-refractivity contribution in [2.24, 2.45) is 0 Å². The Balaban J connectivity index is 1.66. The number of benzene rings is 1. The van der Waals surface area contributed by atoms with Gasteiger partial charge in [-0.1, -0.05) is 6.07 Å². The largest absolute Gasteiger partial charge is 0.490 e. The molecule has 0 heterocycles. The van der Waals surface area contributed by atoms with Crippen LogP contribution in [0.1, 0.15) is 49.7 Å². The van der Waals surface area contributed by atoms with Gasteiger partial charge in [0.1, 0.15) is 11.9 Å². The van der Waals surface area contributed by atoms with Crippen LogP contribution >= 0.6 is 0 Å². The maximum absolute atomic E-state index is 6.21. The van der Waals surface area contributed by atoms with E-state index in [0.29, 0.717) is 12.1 Å². The summed E-state index contributed by atoms with van der Waals surface area (Å²) in [5.74, 6) is 1.09. The van der Waals surface area contributed by atoms with E-state index in [0.717, 1.165) is 12.2 Å². The third kappa shape index (κ3) is 3.11. The highest BCUT2D eigenvalue weighted by molar-refractivity contribution is 5.37. The highest BCUT2D eigenvalue weighted by Crippen LogP contribution is 2.28. The predicted molar refractivity (Wildman–Crippen MR) is 78.8 cm³/mol. The van der Waals surface area contributed by atoms with Crippen LogP contribution in [0.4, 0.5) is 0 Å². The minimum atomic E-state index is 0.396. The molecule has 0 saturated heterocycles. The molecule has 1 aromatic carbocycles. The van der Waals surface area contributed by atoms with Gasteiger partial charge in [0.25, 0.3) is 0 Å². The maximum atomic E-state index is 6.21. The normalized spacial score (nSPS) is 26.8. The average Bonchev–Trinajstić information content (AvgIpc) is 2.47. The molecule has 1 saturated carbocycles. The van der Waals surface area contributed by atoms with Crippen molar-refractivity contribution in [3.63, 3.8) is 0 Å². The molecule has 2 aliphatic carbocycles. The summed E-state index contributed by atoms with van der Waals surface area (Å²) in [5.41, 5.74) is 3.06. The predicted octanol–water partition coefficient (Wildman–Crippen LogP) is 3.47. The molecule has 104 valence electrons. The van der Waals surface area contributed by atoms with E-state index in [1.54, 1.807) is 0 Å². The molecular formula is C17H25NO. The molecule has 0 aromatic heterocycles. The zero-order chi connectivity index (χ0) is 13.1. The van der Waals surface area contributed by atoms with Crippen molar-refractivity contribution in [1.29, 1.82) is 0 Å². The van der Waals surface area contributed by atoms with Crippen LogP contribution in [0.15, 0.2) is 18.2 Å². The van der Waals surface area contributed by atoms with Crippen LogP contribution in [-0.4, -0.2) is 19.2 Å². The van der Waals surface area contributed by atoms with Gasteiger partial charge in [-0.2, -0.15) is 0 Å². The van der Waals surface area contributed by atoms with Gasteiger partial charge in [0.15, 0.2) is 0 Å². The first-order valence-electron chi connectivity index (χ1n) is 7.81. The second-order valence-electron chi connectivity index (χ2n) is 6.03. The van der Waals surface area contributed by atoms with Crippen molar-refractivity contribution in [2.75, 3.05) is 7.05 Å². The van der Waals surface area contributed by atoms with E-state index in [1.807, 2.05) is 0 Å². The van der Waals surface area contributed by atoms with Gasteiger partial charge in [0.05, 0.1) is 0 Å². The lowest BCUT2D eigenvalue weighted by Gasteiger charge is -2.29. The Labute approximate surface area is 116 Å². The van der Waals surface area contributed by atoms with Crippen LogP contribution in [0.3, 0.4) is 0 Å². The van der Waals surface area contributed by atoms with Crippen molar-refractivity contribution in [2.45, 2.75) is 63.5 Å². The van der Waals surface area contributed by atoms with Crippen molar-refractivity contribution < 1.29 is 4.74 Å². The fourth-order valence-electron chi connectivity index (χ4n) is 3.49. The van der Waals surface area contributed by atoms with E-state index in [2.05, 4.69) is 30.6 Å². The molecule has 1 fully saturated rings. The summed E-state index contributed by atoms with van der Waals surface area (Å²) >= 11 is 0. The fourth-order valence-corrected chi connectivity index (χ4v) is 3.49. The summed E-state index contributed by atoms with van der Waals surface area (Å²) in [7, 11) is 2.06. The Morgan fingerprint density at radius 1 is 1.05 bits per heavy atom. The van der Waals surface area contributed by atoms with Gasteiger partial charge in [0, 0.05) is 6.04 Å². The Kier molecular flexibility index (Phi) is 4.07. The number of rotatable bonds is 3. The summed E-state index contributed by atoms with van der Waals surface area (Å²) in [6, 6.07) is 7.38. The monoisotopic (exact) mass is 259 g/mol. The summed E-state index contributed by atoms with van der Waals surface area (Å²) < 4.78 is 6.21. The Morgan fingerprint density at radius 3 is 2.74 bits per heavy atom. The molecule has 1 N–H and O–H groups in total. The summed E-state index contributed by atoms with van der Waals surface area (Å²) in [5, 5.41) is 3.39. The molecule has 0 spiro atoms. The van der Waals surface area contributed by atoms with Gasteiger partial charge < -0.3 is 10.1 Å². The van der Waals surface area contributed by atoms with E-state index in [1.165, 1.54) is 56.1 Å². The van der Waals surface area contributed by atoms with E-state index in [-0.39, 0.29) is 0 Å². The number of ether oxygens (including phenoxy) is 1. The topological polar surface area (TPSA) is 21.3 Å². The van der Waals surface area contributed by atoms with Crippen molar-refractivity contribution >= 4 is 0 Å². The Morgan fingerprint density at radius 2 is 1.89 bits per heavy atom. The van der Waals surface area contributed by atoms with E-state index in [9.17, 15) is 0 Å². The van der Waals surface area contributed by atoms with Gasteiger partial charge in [-0.05, 0) is 81.7 Å². The van der Waals surface area contributed by atoms with Crippen LogP contribution in [0.25, 0.3) is 0 Å². The van der Waals surface area contributed by atoms with Crippen molar-refractivity contribution in [3.05, 3.63) is 29.3 Å². The molecular weight excluding hydrogens is 234 g/mol. The van der Waals surface area contributed by atoms with Crippen LogP contribution < -0.4 is 10.1 Å². The maximum Gasteiger partial charge on any atom is 0.120 e. The van der Waals surface area contributed by atoms with Crippen molar-refractivity contribution in [1.82, 2.24) is 5.32 Å². The summed E-state index contributed by atoms with van der Waals surface area (Å²) in [6.45, 7) is 0. The zero-order valence-electron chi connectivity index (χ0n) is 12.0. The number of hydrogen-bond acceptors (Lipinski definition) is 2. The molecule has 19 heavy (non-hydrogen) atoms. The SMILES string of the molecule is CNC1CCCC(Oc2ccc3c(c2)CCCC3)C1. The standard InChI is InChI=1S/C17H25NO/c1-18-15-7-4-8-16(12-15)19-17-10-9-13-5-2-3-6-14(13)11-17/h9-11,15-16,18H,2-8,12H2,1H3. The number of nitrogens with one attached hydrogen (secondary N) is 1. The van der Waals surface area contributed by atoms with Crippen LogP contribution in [0, 0.1) is 0 Å². The lowest BCUT2D eigenvalue weighted by atomic mass is 9.91. The quantitative estimate of drug-likeness (QED) is 0.897. The van der Waals surface area contributed by atoms with Crippen molar-refractivity contribution in [3.8, 4) is 5.75 Å². The molecule has 0 radical (unpaired) electrons. The van der Waals surface area contributed by atoms with E-state index in [4.69, 9.17) is 4.74 Å². The first kappa shape index (κ1) is 13.0. The first-order valence-corrected chi connectivity index (χ1v) is 7.81. The molecule has 2 heteroatoms. The number of hydrogen-bond donors (Lipinski definition) is 1. The number of aryl methyl sites for hydroxylation is 2. The lowest BCUT2D eigenvalue weighted by molar-refractivity contribution is 0.137. The number of fused-ring (bicyclic) bond motifs is 1. The van der Waals surface area contributed by atoms with Gasteiger partial charge in [-0.25, -0.2) is 0 Å². The summed E-state index contributed by atoms with van der Waals surface area (Å²) in [6.07, 6.45) is 10.5. The van der Waals surface area contributed by atoms with Crippen LogP contribution in [0.2, 0.25) is 0 Å². The zero-order valence-corrected chi connectivity index (χ0v) is 12.0. The second kappa shape index (κ2) is 5.96. The highest BCUT2D eigenvalue weighted by atomic mass is 16.5. The van der Waals surface area contributed by atoms with Gasteiger partial charge in [0.2, 0.25) is 0 Å². The van der Waals surface area contributed by atoms with Crippen LogP contribution in [0.5, 0.6) is 5.75 Å². The van der Waals surface area contributed by atoms with Gasteiger partial charge in [-0.15, -0.1) is 0 Å².